The van der Waals surface area contributed by atoms with E-state index in [2.05, 4.69) is 25.7 Å². The third kappa shape index (κ3) is 6.48. The second kappa shape index (κ2) is 13.9. The van der Waals surface area contributed by atoms with Crippen LogP contribution in [-0.2, 0) is 9.59 Å². The zero-order valence-corrected chi connectivity index (χ0v) is 23.2. The summed E-state index contributed by atoms with van der Waals surface area (Å²) in [5.74, 6) is 0.0539. The van der Waals surface area contributed by atoms with Gasteiger partial charge in [0.1, 0.15) is 11.5 Å². The molecule has 0 aliphatic carbocycles. The first-order valence-electron chi connectivity index (χ1n) is 13.4. The van der Waals surface area contributed by atoms with Crippen LogP contribution in [0.2, 0.25) is 0 Å². The molecule has 0 saturated carbocycles. The van der Waals surface area contributed by atoms with Gasteiger partial charge < -0.3 is 29.1 Å². The van der Waals surface area contributed by atoms with Crippen molar-refractivity contribution in [1.29, 1.82) is 0 Å². The Morgan fingerprint density at radius 3 is 2.39 bits per heavy atom. The van der Waals surface area contributed by atoms with Crippen molar-refractivity contribution in [3.63, 3.8) is 0 Å². The Balaban J connectivity index is 2.08. The van der Waals surface area contributed by atoms with E-state index in [1.54, 1.807) is 48.4 Å². The molecule has 0 radical (unpaired) electrons. The van der Waals surface area contributed by atoms with Crippen molar-refractivity contribution in [2.75, 3.05) is 47.0 Å². The number of Topliss-reactive ketones (excluding diaryl/α,β-unsaturated/α-hetero) is 1. The van der Waals surface area contributed by atoms with Gasteiger partial charge in [0.05, 0.1) is 32.4 Å². The fraction of sp³-hybridized carbons (Fsp3) is 0.467. The SMILES string of the molecule is CCCCCOc1ccc(C2C(=C(O)c3cccc(OC)c3)C(=O)C(=O)N2CCN(CC)CC)cc1OC. The summed E-state index contributed by atoms with van der Waals surface area (Å²) in [6.45, 7) is 9.41. The van der Waals surface area contributed by atoms with Crippen molar-refractivity contribution in [2.45, 2.75) is 46.1 Å². The van der Waals surface area contributed by atoms with E-state index in [1.165, 1.54) is 7.11 Å². The van der Waals surface area contributed by atoms with Gasteiger partial charge >= 0.3 is 0 Å². The predicted molar refractivity (Wildman–Crippen MR) is 148 cm³/mol. The molecule has 0 spiro atoms. The second-order valence-corrected chi connectivity index (χ2v) is 9.22. The maximum Gasteiger partial charge on any atom is 0.295 e. The molecule has 1 heterocycles. The number of rotatable bonds is 14. The van der Waals surface area contributed by atoms with Gasteiger partial charge in [-0.1, -0.05) is 51.8 Å². The first-order chi connectivity index (χ1) is 18.4. The Bertz CT molecular complexity index is 1140. The standard InChI is InChI=1S/C30H40N2O6/c1-6-9-10-18-38-24-15-14-21(20-25(24)37-5)27-26(28(33)22-12-11-13-23(19-22)36-4)29(34)30(35)32(27)17-16-31(7-2)8-3/h11-15,19-20,27,33H,6-10,16-18H2,1-5H3. The Hall–Kier alpha value is -3.52. The number of benzene rings is 2. The van der Waals surface area contributed by atoms with E-state index >= 15 is 0 Å². The molecule has 1 amide bonds. The molecule has 2 aromatic rings. The van der Waals surface area contributed by atoms with Crippen LogP contribution in [0.1, 0.15) is 57.2 Å². The number of ether oxygens (including phenoxy) is 3. The molecule has 1 atom stereocenters. The number of ketones is 1. The summed E-state index contributed by atoms with van der Waals surface area (Å²) in [5, 5.41) is 11.4. The third-order valence-corrected chi connectivity index (χ3v) is 6.94. The van der Waals surface area contributed by atoms with Crippen LogP contribution in [0.3, 0.4) is 0 Å². The van der Waals surface area contributed by atoms with Crippen LogP contribution in [0.15, 0.2) is 48.0 Å². The van der Waals surface area contributed by atoms with Crippen molar-refractivity contribution in [3.05, 3.63) is 59.2 Å². The molecule has 206 valence electrons. The lowest BCUT2D eigenvalue weighted by Crippen LogP contribution is -2.38. The Morgan fingerprint density at radius 1 is 0.974 bits per heavy atom. The van der Waals surface area contributed by atoms with E-state index in [-0.39, 0.29) is 11.3 Å². The highest BCUT2D eigenvalue weighted by atomic mass is 16.5. The first kappa shape index (κ1) is 29.0. The summed E-state index contributed by atoms with van der Waals surface area (Å²) >= 11 is 0. The normalized spacial score (nSPS) is 16.8. The van der Waals surface area contributed by atoms with Gasteiger partial charge in [0.15, 0.2) is 11.5 Å². The molecule has 8 nitrogen and oxygen atoms in total. The fourth-order valence-electron chi connectivity index (χ4n) is 4.68. The van der Waals surface area contributed by atoms with Gasteiger partial charge in [-0.05, 0) is 49.3 Å². The molecule has 1 unspecified atom stereocenters. The lowest BCUT2D eigenvalue weighted by atomic mass is 9.95. The zero-order valence-electron chi connectivity index (χ0n) is 23.2. The molecule has 2 aromatic carbocycles. The van der Waals surface area contributed by atoms with E-state index in [0.717, 1.165) is 32.4 Å². The molecular weight excluding hydrogens is 484 g/mol. The zero-order chi connectivity index (χ0) is 27.7. The van der Waals surface area contributed by atoms with Crippen molar-refractivity contribution in [3.8, 4) is 17.2 Å². The van der Waals surface area contributed by atoms with Gasteiger partial charge in [-0.2, -0.15) is 0 Å². The number of carbonyl (C=O) groups excluding carboxylic acids is 2. The molecule has 3 rings (SSSR count). The van der Waals surface area contributed by atoms with Crippen LogP contribution in [0, 0.1) is 0 Å². The molecular formula is C30H40N2O6. The number of aliphatic hydroxyl groups excluding tert-OH is 1. The van der Waals surface area contributed by atoms with E-state index in [9.17, 15) is 14.7 Å². The number of nitrogens with zero attached hydrogens (tertiary/aromatic N) is 2. The van der Waals surface area contributed by atoms with Gasteiger partial charge in [0.25, 0.3) is 11.7 Å². The average Bonchev–Trinajstić information content (AvgIpc) is 3.20. The molecule has 8 heteroatoms. The number of hydrogen-bond donors (Lipinski definition) is 1. The summed E-state index contributed by atoms with van der Waals surface area (Å²) < 4.78 is 16.9. The number of likely N-dealkylation sites (tertiary alicyclic amines) is 1. The third-order valence-electron chi connectivity index (χ3n) is 6.94. The highest BCUT2D eigenvalue weighted by molar-refractivity contribution is 6.46. The molecule has 1 aliphatic rings. The number of hydrogen-bond acceptors (Lipinski definition) is 7. The van der Waals surface area contributed by atoms with Crippen molar-refractivity contribution < 1.29 is 28.9 Å². The van der Waals surface area contributed by atoms with Crippen LogP contribution in [0.5, 0.6) is 17.2 Å². The van der Waals surface area contributed by atoms with Gasteiger partial charge in [-0.3, -0.25) is 9.59 Å². The summed E-state index contributed by atoms with van der Waals surface area (Å²) in [6, 6.07) is 11.5. The predicted octanol–water partition coefficient (Wildman–Crippen LogP) is 5.04. The number of likely N-dealkylation sites (N-methyl/N-ethyl adjacent to an activating group) is 1. The van der Waals surface area contributed by atoms with E-state index in [4.69, 9.17) is 14.2 Å². The highest BCUT2D eigenvalue weighted by Crippen LogP contribution is 2.42. The molecule has 0 bridgehead atoms. The minimum absolute atomic E-state index is 0.0430. The topological polar surface area (TPSA) is 88.5 Å². The monoisotopic (exact) mass is 524 g/mol. The smallest absolute Gasteiger partial charge is 0.295 e. The maximum absolute atomic E-state index is 13.4. The maximum atomic E-state index is 13.4. The summed E-state index contributed by atoms with van der Waals surface area (Å²) in [4.78, 5) is 30.4. The lowest BCUT2D eigenvalue weighted by Gasteiger charge is -2.28. The van der Waals surface area contributed by atoms with Crippen LogP contribution in [0.25, 0.3) is 5.76 Å². The number of amides is 1. The van der Waals surface area contributed by atoms with Crippen LogP contribution >= 0.6 is 0 Å². The Kier molecular flexibility index (Phi) is 10.6. The quantitative estimate of drug-likeness (QED) is 0.160. The molecule has 1 saturated heterocycles. The summed E-state index contributed by atoms with van der Waals surface area (Å²) in [5.41, 5.74) is 1.10. The molecule has 1 fully saturated rings. The van der Waals surface area contributed by atoms with E-state index in [0.29, 0.717) is 48.1 Å². The summed E-state index contributed by atoms with van der Waals surface area (Å²) in [6.07, 6.45) is 3.11. The minimum atomic E-state index is -0.778. The number of aliphatic hydroxyl groups is 1. The highest BCUT2D eigenvalue weighted by Gasteiger charge is 2.46. The number of methoxy groups -OCH3 is 2. The average molecular weight is 525 g/mol. The number of carbonyl (C=O) groups is 2. The molecule has 38 heavy (non-hydrogen) atoms. The number of unbranched alkanes of at least 4 members (excludes halogenated alkanes) is 2. The van der Waals surface area contributed by atoms with Crippen LogP contribution < -0.4 is 14.2 Å². The Labute approximate surface area is 225 Å². The molecule has 0 aromatic heterocycles. The van der Waals surface area contributed by atoms with Gasteiger partial charge in [-0.25, -0.2) is 0 Å². The van der Waals surface area contributed by atoms with Crippen molar-refractivity contribution >= 4 is 17.4 Å². The van der Waals surface area contributed by atoms with Crippen molar-refractivity contribution in [1.82, 2.24) is 9.80 Å². The Morgan fingerprint density at radius 2 is 1.74 bits per heavy atom. The molecule has 1 N–H and O–H groups in total. The minimum Gasteiger partial charge on any atom is -0.507 e. The lowest BCUT2D eigenvalue weighted by molar-refractivity contribution is -0.140. The molecule has 1 aliphatic heterocycles. The fourth-order valence-corrected chi connectivity index (χ4v) is 4.68. The second-order valence-electron chi connectivity index (χ2n) is 9.22. The van der Waals surface area contributed by atoms with E-state index in [1.807, 2.05) is 6.07 Å². The van der Waals surface area contributed by atoms with Crippen molar-refractivity contribution in [2.24, 2.45) is 0 Å². The van der Waals surface area contributed by atoms with Crippen LogP contribution in [-0.4, -0.2) is 73.6 Å². The van der Waals surface area contributed by atoms with E-state index < -0.39 is 17.7 Å². The van der Waals surface area contributed by atoms with Gasteiger partial charge in [0.2, 0.25) is 0 Å². The largest absolute Gasteiger partial charge is 0.507 e. The van der Waals surface area contributed by atoms with Gasteiger partial charge in [-0.15, -0.1) is 0 Å². The van der Waals surface area contributed by atoms with Gasteiger partial charge in [0, 0.05) is 18.7 Å². The first-order valence-corrected chi connectivity index (χ1v) is 13.4. The summed E-state index contributed by atoms with van der Waals surface area (Å²) in [7, 11) is 3.09. The van der Waals surface area contributed by atoms with Crippen LogP contribution in [0.4, 0.5) is 0 Å².